The van der Waals surface area contributed by atoms with Crippen LogP contribution in [0.25, 0.3) is 0 Å². The highest BCUT2D eigenvalue weighted by atomic mass is 19.4. The Morgan fingerprint density at radius 2 is 1.91 bits per heavy atom. The third kappa shape index (κ3) is 5.17. The van der Waals surface area contributed by atoms with Crippen LogP contribution < -0.4 is 16.4 Å². The standard InChI is InChI=1S/C22H28F3N7O2/c1-13(14-7-15(22(23,24)25)9-16(26)8-14)28-20-17-11-32(21(33)31-3-5-34-6-4-31)12-18(17)29-19(30-20)10-27-2/h7-9,13,27H,3-6,10-12,26H2,1-2H3,(H,28,29,30)/t13-/m1/s1. The van der Waals surface area contributed by atoms with Crippen molar-refractivity contribution in [2.24, 2.45) is 0 Å². The number of nitrogen functional groups attached to an aromatic ring is 1. The predicted octanol–water partition coefficient (Wildman–Crippen LogP) is 2.74. The number of ether oxygens (including phenoxy) is 1. The zero-order valence-corrected chi connectivity index (χ0v) is 19.1. The lowest BCUT2D eigenvalue weighted by Gasteiger charge is -2.30. The van der Waals surface area contributed by atoms with Crippen molar-refractivity contribution in [2.75, 3.05) is 44.4 Å². The van der Waals surface area contributed by atoms with Crippen molar-refractivity contribution in [3.63, 3.8) is 0 Å². The second-order valence-corrected chi connectivity index (χ2v) is 8.43. The molecule has 2 aliphatic heterocycles. The van der Waals surface area contributed by atoms with Crippen molar-refractivity contribution in [3.05, 3.63) is 46.4 Å². The molecule has 0 radical (unpaired) electrons. The Balaban J connectivity index is 1.60. The predicted molar refractivity (Wildman–Crippen MR) is 120 cm³/mol. The van der Waals surface area contributed by atoms with Gasteiger partial charge in [0.25, 0.3) is 0 Å². The molecule has 0 bridgehead atoms. The van der Waals surface area contributed by atoms with Gasteiger partial charge in [-0.1, -0.05) is 0 Å². The van der Waals surface area contributed by atoms with E-state index < -0.39 is 17.8 Å². The number of urea groups is 1. The third-order valence-corrected chi connectivity index (χ3v) is 5.87. The summed E-state index contributed by atoms with van der Waals surface area (Å²) in [6.07, 6.45) is -4.50. The first kappa shape index (κ1) is 24.0. The first-order valence-corrected chi connectivity index (χ1v) is 11.0. The van der Waals surface area contributed by atoms with Crippen molar-refractivity contribution >= 4 is 17.5 Å². The quantitative estimate of drug-likeness (QED) is 0.566. The number of halogens is 3. The number of amides is 2. The van der Waals surface area contributed by atoms with E-state index in [9.17, 15) is 18.0 Å². The molecule has 1 aromatic heterocycles. The zero-order chi connectivity index (χ0) is 24.5. The van der Waals surface area contributed by atoms with Crippen LogP contribution in [0.4, 0.5) is 29.5 Å². The van der Waals surface area contributed by atoms with Crippen LogP contribution in [0.1, 0.15) is 41.2 Å². The van der Waals surface area contributed by atoms with Gasteiger partial charge in [0, 0.05) is 24.3 Å². The van der Waals surface area contributed by atoms with Gasteiger partial charge in [-0.2, -0.15) is 13.2 Å². The van der Waals surface area contributed by atoms with E-state index in [-0.39, 0.29) is 11.7 Å². The van der Waals surface area contributed by atoms with Gasteiger partial charge >= 0.3 is 12.2 Å². The maximum absolute atomic E-state index is 13.3. The van der Waals surface area contributed by atoms with Gasteiger partial charge < -0.3 is 30.9 Å². The summed E-state index contributed by atoms with van der Waals surface area (Å²) in [4.78, 5) is 25.6. The fourth-order valence-corrected chi connectivity index (χ4v) is 4.13. The molecular weight excluding hydrogens is 451 g/mol. The molecule has 0 aliphatic carbocycles. The van der Waals surface area contributed by atoms with Crippen molar-refractivity contribution in [2.45, 2.75) is 38.8 Å². The lowest BCUT2D eigenvalue weighted by atomic mass is 10.0. The molecule has 4 N–H and O–H groups in total. The Morgan fingerprint density at radius 3 is 2.59 bits per heavy atom. The number of nitrogens with one attached hydrogen (secondary N) is 2. The number of nitrogens with two attached hydrogens (primary N) is 1. The van der Waals surface area contributed by atoms with E-state index in [1.807, 2.05) is 0 Å². The van der Waals surface area contributed by atoms with Gasteiger partial charge in [-0.05, 0) is 37.7 Å². The van der Waals surface area contributed by atoms with Gasteiger partial charge in [0.2, 0.25) is 0 Å². The molecule has 9 nitrogen and oxygen atoms in total. The number of hydrogen-bond acceptors (Lipinski definition) is 7. The first-order chi connectivity index (χ1) is 16.2. The van der Waals surface area contributed by atoms with E-state index in [1.165, 1.54) is 6.07 Å². The van der Waals surface area contributed by atoms with Gasteiger partial charge in [-0.25, -0.2) is 14.8 Å². The minimum atomic E-state index is -4.50. The molecule has 0 unspecified atom stereocenters. The number of carbonyl (C=O) groups excluding carboxylic acids is 1. The van der Waals surface area contributed by atoms with Crippen molar-refractivity contribution in [1.82, 2.24) is 25.1 Å². The highest BCUT2D eigenvalue weighted by Gasteiger charge is 2.33. The highest BCUT2D eigenvalue weighted by molar-refractivity contribution is 5.76. The molecule has 0 saturated carbocycles. The molecule has 1 fully saturated rings. The van der Waals surface area contributed by atoms with Gasteiger partial charge in [0.15, 0.2) is 0 Å². The monoisotopic (exact) mass is 479 g/mol. The number of morpholine rings is 1. The number of aromatic nitrogens is 2. The first-order valence-electron chi connectivity index (χ1n) is 11.0. The molecule has 0 spiro atoms. The molecule has 2 aromatic rings. The lowest BCUT2D eigenvalue weighted by Crippen LogP contribution is -2.46. The van der Waals surface area contributed by atoms with E-state index in [0.717, 1.165) is 23.4 Å². The van der Waals surface area contributed by atoms with Crippen LogP contribution >= 0.6 is 0 Å². The minimum absolute atomic E-state index is 0.0320. The number of anilines is 2. The van der Waals surface area contributed by atoms with Crippen LogP contribution in [-0.4, -0.2) is 59.1 Å². The number of fused-ring (bicyclic) bond motifs is 1. The Morgan fingerprint density at radius 1 is 1.18 bits per heavy atom. The average molecular weight is 480 g/mol. The van der Waals surface area contributed by atoms with Crippen LogP contribution in [0.3, 0.4) is 0 Å². The molecule has 12 heteroatoms. The molecule has 2 amide bonds. The van der Waals surface area contributed by atoms with Gasteiger partial charge in [-0.15, -0.1) is 0 Å². The van der Waals surface area contributed by atoms with Crippen LogP contribution in [0.15, 0.2) is 18.2 Å². The maximum atomic E-state index is 13.3. The Labute approximate surface area is 195 Å². The summed E-state index contributed by atoms with van der Waals surface area (Å²) in [5, 5.41) is 6.24. The topological polar surface area (TPSA) is 109 Å². The van der Waals surface area contributed by atoms with Gasteiger partial charge in [0.1, 0.15) is 11.6 Å². The molecule has 1 atom stereocenters. The van der Waals surface area contributed by atoms with Crippen molar-refractivity contribution < 1.29 is 22.7 Å². The average Bonchev–Trinajstić information content (AvgIpc) is 3.23. The Kier molecular flexibility index (Phi) is 6.80. The molecule has 4 rings (SSSR count). The van der Waals surface area contributed by atoms with Crippen LogP contribution in [0, 0.1) is 0 Å². The van der Waals surface area contributed by atoms with E-state index in [4.69, 9.17) is 10.5 Å². The number of hydrogen-bond donors (Lipinski definition) is 3. The summed E-state index contributed by atoms with van der Waals surface area (Å²) < 4.78 is 45.2. The normalized spacial score (nSPS) is 17.0. The second-order valence-electron chi connectivity index (χ2n) is 8.43. The highest BCUT2D eigenvalue weighted by Crippen LogP contribution is 2.34. The summed E-state index contributed by atoms with van der Waals surface area (Å²) in [6.45, 7) is 4.86. The van der Waals surface area contributed by atoms with Crippen LogP contribution in [0.5, 0.6) is 0 Å². The number of benzene rings is 1. The molecule has 184 valence electrons. The molecular formula is C22H28F3N7O2. The Bertz CT molecular complexity index is 1060. The number of nitrogens with zero attached hydrogens (tertiary/aromatic N) is 4. The largest absolute Gasteiger partial charge is 0.416 e. The SMILES string of the molecule is CNCc1nc2c(c(N[C@H](C)c3cc(N)cc(C(F)(F)F)c3)n1)CN(C(=O)N1CCOCC1)C2. The molecule has 3 heterocycles. The Hall–Kier alpha value is -3.12. The second kappa shape index (κ2) is 9.63. The van der Waals surface area contributed by atoms with Crippen molar-refractivity contribution in [3.8, 4) is 0 Å². The lowest BCUT2D eigenvalue weighted by molar-refractivity contribution is -0.137. The number of alkyl halides is 3. The number of carbonyl (C=O) groups is 1. The fraction of sp³-hybridized carbons (Fsp3) is 0.500. The van der Waals surface area contributed by atoms with Crippen molar-refractivity contribution in [1.29, 1.82) is 0 Å². The van der Waals surface area contributed by atoms with E-state index in [2.05, 4.69) is 20.6 Å². The molecule has 1 aromatic carbocycles. The molecule has 2 aliphatic rings. The fourth-order valence-electron chi connectivity index (χ4n) is 4.13. The summed E-state index contributed by atoms with van der Waals surface area (Å²) in [5.74, 6) is 1.02. The van der Waals surface area contributed by atoms with Crippen LogP contribution in [-0.2, 0) is 30.5 Å². The van der Waals surface area contributed by atoms with E-state index in [0.29, 0.717) is 63.1 Å². The molecule has 34 heavy (non-hydrogen) atoms. The smallest absolute Gasteiger partial charge is 0.399 e. The van der Waals surface area contributed by atoms with Gasteiger partial charge in [-0.3, -0.25) is 0 Å². The summed E-state index contributed by atoms with van der Waals surface area (Å²) >= 11 is 0. The summed E-state index contributed by atoms with van der Waals surface area (Å²) in [7, 11) is 1.77. The molecule has 1 saturated heterocycles. The summed E-state index contributed by atoms with van der Waals surface area (Å²) in [5.41, 5.74) is 6.84. The van der Waals surface area contributed by atoms with Crippen LogP contribution in [0.2, 0.25) is 0 Å². The zero-order valence-electron chi connectivity index (χ0n) is 19.1. The van der Waals surface area contributed by atoms with Gasteiger partial charge in [0.05, 0.1) is 50.1 Å². The third-order valence-electron chi connectivity index (χ3n) is 5.87. The number of rotatable bonds is 5. The summed E-state index contributed by atoms with van der Waals surface area (Å²) in [6, 6.07) is 2.89. The minimum Gasteiger partial charge on any atom is -0.399 e. The maximum Gasteiger partial charge on any atom is 0.416 e. The van der Waals surface area contributed by atoms with E-state index >= 15 is 0 Å². The van der Waals surface area contributed by atoms with E-state index in [1.54, 1.807) is 23.8 Å².